The van der Waals surface area contributed by atoms with E-state index in [2.05, 4.69) is 51.2 Å². The van der Waals surface area contributed by atoms with Crippen LogP contribution in [0.4, 0.5) is 5.69 Å². The van der Waals surface area contributed by atoms with Crippen molar-refractivity contribution in [3.8, 4) is 0 Å². The van der Waals surface area contributed by atoms with Crippen molar-refractivity contribution in [1.82, 2.24) is 0 Å². The quantitative estimate of drug-likeness (QED) is 0.863. The van der Waals surface area contributed by atoms with Crippen molar-refractivity contribution < 1.29 is 4.74 Å². The average Bonchev–Trinajstić information content (AvgIpc) is 2.81. The zero-order valence-corrected chi connectivity index (χ0v) is 12.0. The summed E-state index contributed by atoms with van der Waals surface area (Å²) >= 11 is 0. The molecule has 1 unspecified atom stereocenters. The third kappa shape index (κ3) is 3.05. The van der Waals surface area contributed by atoms with Crippen molar-refractivity contribution in [3.05, 3.63) is 29.3 Å². The predicted molar refractivity (Wildman–Crippen MR) is 77.5 cm³/mol. The number of hydrogen-bond acceptors (Lipinski definition) is 2. The second-order valence-corrected chi connectivity index (χ2v) is 5.86. The maximum atomic E-state index is 5.43. The van der Waals surface area contributed by atoms with E-state index >= 15 is 0 Å². The number of nitrogens with one attached hydrogen (secondary N) is 1. The first-order valence-electron chi connectivity index (χ1n) is 7.06. The molecular formula is C16H25NO. The fourth-order valence-corrected chi connectivity index (χ4v) is 2.42. The molecule has 1 N–H and O–H groups in total. The summed E-state index contributed by atoms with van der Waals surface area (Å²) in [5.41, 5.74) is 4.13. The number of rotatable bonds is 4. The van der Waals surface area contributed by atoms with E-state index in [4.69, 9.17) is 4.74 Å². The first-order chi connectivity index (χ1) is 8.58. The molecule has 1 fully saturated rings. The molecule has 1 heterocycles. The van der Waals surface area contributed by atoms with E-state index in [9.17, 15) is 0 Å². The molecule has 0 aromatic heterocycles. The fourth-order valence-electron chi connectivity index (χ4n) is 2.42. The lowest BCUT2D eigenvalue weighted by Gasteiger charge is -2.20. The van der Waals surface area contributed by atoms with Gasteiger partial charge in [0.2, 0.25) is 0 Å². The van der Waals surface area contributed by atoms with Gasteiger partial charge in [0.15, 0.2) is 0 Å². The predicted octanol–water partition coefficient (Wildman–Crippen LogP) is 4.13. The molecule has 18 heavy (non-hydrogen) atoms. The van der Waals surface area contributed by atoms with Crippen molar-refractivity contribution in [2.24, 2.45) is 0 Å². The molecule has 100 valence electrons. The Balaban J connectivity index is 2.22. The summed E-state index contributed by atoms with van der Waals surface area (Å²) in [6.45, 7) is 10.7. The lowest BCUT2D eigenvalue weighted by molar-refractivity contribution is 0.195. The second-order valence-electron chi connectivity index (χ2n) is 5.86. The summed E-state index contributed by atoms with van der Waals surface area (Å²) in [6, 6.07) is 7.32. The van der Waals surface area contributed by atoms with Crippen LogP contribution in [0.1, 0.15) is 57.1 Å². The van der Waals surface area contributed by atoms with Crippen LogP contribution in [0, 0.1) is 0 Å². The van der Waals surface area contributed by atoms with Crippen LogP contribution in [0.15, 0.2) is 18.2 Å². The molecular weight excluding hydrogens is 222 g/mol. The minimum atomic E-state index is 0.479. The summed E-state index contributed by atoms with van der Waals surface area (Å²) in [5.74, 6) is 1.14. The standard InChI is InChI=1S/C16H25NO/c1-11(2)13-5-6-16(15(9-13)12(3)4)17-14-7-8-18-10-14/h5-6,9,11-12,14,17H,7-8,10H2,1-4H3. The summed E-state index contributed by atoms with van der Waals surface area (Å²) < 4.78 is 5.43. The van der Waals surface area contributed by atoms with E-state index in [-0.39, 0.29) is 0 Å². The molecule has 0 amide bonds. The average molecular weight is 247 g/mol. The summed E-state index contributed by atoms with van der Waals surface area (Å²) in [4.78, 5) is 0. The van der Waals surface area contributed by atoms with Crippen molar-refractivity contribution in [2.75, 3.05) is 18.5 Å². The summed E-state index contributed by atoms with van der Waals surface area (Å²) in [7, 11) is 0. The highest BCUT2D eigenvalue weighted by Crippen LogP contribution is 2.29. The van der Waals surface area contributed by atoms with Gasteiger partial charge in [0.05, 0.1) is 12.6 Å². The van der Waals surface area contributed by atoms with Crippen LogP contribution >= 0.6 is 0 Å². The van der Waals surface area contributed by atoms with Gasteiger partial charge in [0.25, 0.3) is 0 Å². The van der Waals surface area contributed by atoms with E-state index in [1.807, 2.05) is 0 Å². The zero-order chi connectivity index (χ0) is 13.1. The Morgan fingerprint density at radius 2 is 1.94 bits per heavy atom. The van der Waals surface area contributed by atoms with Crippen molar-refractivity contribution >= 4 is 5.69 Å². The Labute approximate surface area is 111 Å². The van der Waals surface area contributed by atoms with Gasteiger partial charge in [0.1, 0.15) is 0 Å². The van der Waals surface area contributed by atoms with Crippen LogP contribution in [0.5, 0.6) is 0 Å². The number of ether oxygens (including phenoxy) is 1. The number of benzene rings is 1. The van der Waals surface area contributed by atoms with Crippen LogP contribution in [-0.2, 0) is 4.74 Å². The number of hydrogen-bond donors (Lipinski definition) is 1. The van der Waals surface area contributed by atoms with Gasteiger partial charge in [-0.25, -0.2) is 0 Å². The van der Waals surface area contributed by atoms with Crippen LogP contribution in [0.3, 0.4) is 0 Å². The molecule has 0 radical (unpaired) electrons. The van der Waals surface area contributed by atoms with Gasteiger partial charge < -0.3 is 10.1 Å². The molecule has 2 rings (SSSR count). The van der Waals surface area contributed by atoms with E-state index in [1.165, 1.54) is 16.8 Å². The molecule has 1 aromatic rings. The zero-order valence-electron chi connectivity index (χ0n) is 12.0. The normalized spacial score (nSPS) is 19.8. The number of anilines is 1. The van der Waals surface area contributed by atoms with Gasteiger partial charge in [-0.15, -0.1) is 0 Å². The van der Waals surface area contributed by atoms with Gasteiger partial charge in [-0.2, -0.15) is 0 Å². The van der Waals surface area contributed by atoms with Gasteiger partial charge in [-0.05, 0) is 35.4 Å². The topological polar surface area (TPSA) is 21.3 Å². The fraction of sp³-hybridized carbons (Fsp3) is 0.625. The Bertz CT molecular complexity index is 392. The van der Waals surface area contributed by atoms with Gasteiger partial charge in [-0.3, -0.25) is 0 Å². The largest absolute Gasteiger partial charge is 0.380 e. The Kier molecular flexibility index (Phi) is 4.28. The molecule has 1 aliphatic rings. The van der Waals surface area contributed by atoms with Crippen molar-refractivity contribution in [1.29, 1.82) is 0 Å². The van der Waals surface area contributed by atoms with E-state index in [1.54, 1.807) is 0 Å². The van der Waals surface area contributed by atoms with E-state index < -0.39 is 0 Å². The summed E-state index contributed by atoms with van der Waals surface area (Å²) in [6.07, 6.45) is 1.11. The molecule has 1 saturated heterocycles. The Morgan fingerprint density at radius 3 is 2.50 bits per heavy atom. The van der Waals surface area contributed by atoms with Gasteiger partial charge in [-0.1, -0.05) is 39.8 Å². The van der Waals surface area contributed by atoms with Gasteiger partial charge in [0, 0.05) is 12.3 Å². The van der Waals surface area contributed by atoms with Crippen LogP contribution < -0.4 is 5.32 Å². The molecule has 2 heteroatoms. The molecule has 1 atom stereocenters. The van der Waals surface area contributed by atoms with E-state index in [0.29, 0.717) is 17.9 Å². The lowest BCUT2D eigenvalue weighted by atomic mass is 9.94. The maximum absolute atomic E-state index is 5.43. The van der Waals surface area contributed by atoms with Crippen molar-refractivity contribution in [2.45, 2.75) is 52.0 Å². The summed E-state index contributed by atoms with van der Waals surface area (Å²) in [5, 5.41) is 3.63. The SMILES string of the molecule is CC(C)c1ccc(NC2CCOC2)c(C(C)C)c1. The smallest absolute Gasteiger partial charge is 0.0668 e. The van der Waals surface area contributed by atoms with Gasteiger partial charge >= 0.3 is 0 Å². The van der Waals surface area contributed by atoms with Crippen LogP contribution in [0.2, 0.25) is 0 Å². The lowest BCUT2D eigenvalue weighted by Crippen LogP contribution is -2.20. The third-order valence-corrected chi connectivity index (χ3v) is 3.65. The first kappa shape index (κ1) is 13.4. The highest BCUT2D eigenvalue weighted by Gasteiger charge is 2.17. The molecule has 0 spiro atoms. The first-order valence-corrected chi connectivity index (χ1v) is 7.06. The van der Waals surface area contributed by atoms with E-state index in [0.717, 1.165) is 19.6 Å². The highest BCUT2D eigenvalue weighted by molar-refractivity contribution is 5.55. The Morgan fingerprint density at radius 1 is 1.17 bits per heavy atom. The third-order valence-electron chi connectivity index (χ3n) is 3.65. The molecule has 2 nitrogen and oxygen atoms in total. The molecule has 1 aliphatic heterocycles. The molecule has 0 bridgehead atoms. The maximum Gasteiger partial charge on any atom is 0.0668 e. The minimum absolute atomic E-state index is 0.479. The minimum Gasteiger partial charge on any atom is -0.380 e. The monoisotopic (exact) mass is 247 g/mol. The molecule has 0 aliphatic carbocycles. The van der Waals surface area contributed by atoms with Crippen LogP contribution in [-0.4, -0.2) is 19.3 Å². The molecule has 1 aromatic carbocycles. The van der Waals surface area contributed by atoms with Crippen LogP contribution in [0.25, 0.3) is 0 Å². The highest BCUT2D eigenvalue weighted by atomic mass is 16.5. The second kappa shape index (κ2) is 5.75. The van der Waals surface area contributed by atoms with Crippen molar-refractivity contribution in [3.63, 3.8) is 0 Å². The molecule has 0 saturated carbocycles. The Hall–Kier alpha value is -1.02.